The molecule has 0 aromatic carbocycles. The molecule has 88 valence electrons. The first-order valence-electron chi connectivity index (χ1n) is 5.59. The molecule has 0 saturated heterocycles. The van der Waals surface area contributed by atoms with Gasteiger partial charge in [-0.05, 0) is 26.2 Å². The SMILES string of the molecule is CC(CC(C)(N)C(=O)O)SC1CCCC1. The summed E-state index contributed by atoms with van der Waals surface area (Å²) in [6, 6.07) is 0. The van der Waals surface area contributed by atoms with E-state index >= 15 is 0 Å². The lowest BCUT2D eigenvalue weighted by Crippen LogP contribution is -2.46. The molecule has 0 spiro atoms. The van der Waals surface area contributed by atoms with E-state index < -0.39 is 11.5 Å². The van der Waals surface area contributed by atoms with Crippen molar-refractivity contribution in [2.75, 3.05) is 0 Å². The Morgan fingerprint density at radius 2 is 2.13 bits per heavy atom. The normalized spacial score (nSPS) is 23.7. The van der Waals surface area contributed by atoms with Crippen LogP contribution >= 0.6 is 11.8 Å². The fraction of sp³-hybridized carbons (Fsp3) is 0.909. The summed E-state index contributed by atoms with van der Waals surface area (Å²) in [7, 11) is 0. The molecule has 2 atom stereocenters. The fourth-order valence-corrected chi connectivity index (χ4v) is 3.79. The van der Waals surface area contributed by atoms with Gasteiger partial charge in [0.1, 0.15) is 5.54 Å². The van der Waals surface area contributed by atoms with Gasteiger partial charge in [0.2, 0.25) is 0 Å². The molecular weight excluding hydrogens is 210 g/mol. The predicted octanol–water partition coefficient (Wildman–Crippen LogP) is 2.24. The monoisotopic (exact) mass is 231 g/mol. The lowest BCUT2D eigenvalue weighted by Gasteiger charge is -2.24. The average molecular weight is 231 g/mol. The maximum atomic E-state index is 10.9. The zero-order valence-electron chi connectivity index (χ0n) is 9.53. The first kappa shape index (κ1) is 12.8. The summed E-state index contributed by atoms with van der Waals surface area (Å²) in [5, 5.41) is 9.98. The van der Waals surface area contributed by atoms with Crippen LogP contribution in [0.25, 0.3) is 0 Å². The number of hydrogen-bond acceptors (Lipinski definition) is 3. The summed E-state index contributed by atoms with van der Waals surface area (Å²) in [6.45, 7) is 3.68. The second kappa shape index (κ2) is 5.21. The van der Waals surface area contributed by atoms with E-state index in [-0.39, 0.29) is 0 Å². The van der Waals surface area contributed by atoms with Gasteiger partial charge in [-0.25, -0.2) is 0 Å². The van der Waals surface area contributed by atoms with Crippen molar-refractivity contribution in [3.63, 3.8) is 0 Å². The molecule has 0 radical (unpaired) electrons. The Bertz CT molecular complexity index is 225. The molecular formula is C11H21NO2S. The van der Waals surface area contributed by atoms with Crippen LogP contribution in [0.2, 0.25) is 0 Å². The molecule has 0 aliphatic heterocycles. The number of carbonyl (C=O) groups is 1. The molecule has 1 aliphatic carbocycles. The van der Waals surface area contributed by atoms with Gasteiger partial charge in [-0.3, -0.25) is 4.79 Å². The lowest BCUT2D eigenvalue weighted by atomic mass is 9.98. The number of carboxylic acid groups (broad SMARTS) is 1. The molecule has 2 unspecified atom stereocenters. The van der Waals surface area contributed by atoms with Gasteiger partial charge in [-0.15, -0.1) is 0 Å². The van der Waals surface area contributed by atoms with E-state index in [1.807, 2.05) is 11.8 Å². The predicted molar refractivity (Wildman–Crippen MR) is 64.2 cm³/mol. The summed E-state index contributed by atoms with van der Waals surface area (Å²) in [5.74, 6) is -0.902. The molecule has 15 heavy (non-hydrogen) atoms. The van der Waals surface area contributed by atoms with Gasteiger partial charge >= 0.3 is 5.97 Å². The highest BCUT2D eigenvalue weighted by Gasteiger charge is 2.31. The van der Waals surface area contributed by atoms with Crippen LogP contribution in [0, 0.1) is 0 Å². The Balaban J connectivity index is 2.34. The minimum absolute atomic E-state index is 0.333. The van der Waals surface area contributed by atoms with Gasteiger partial charge in [0.15, 0.2) is 0 Å². The van der Waals surface area contributed by atoms with Crippen LogP contribution in [0.5, 0.6) is 0 Å². The second-order valence-electron chi connectivity index (χ2n) is 4.78. The van der Waals surface area contributed by atoms with Gasteiger partial charge in [0.05, 0.1) is 0 Å². The van der Waals surface area contributed by atoms with Crippen LogP contribution in [0.1, 0.15) is 46.0 Å². The van der Waals surface area contributed by atoms with E-state index in [1.165, 1.54) is 25.7 Å². The minimum atomic E-state index is -1.08. The van der Waals surface area contributed by atoms with Gasteiger partial charge in [0.25, 0.3) is 0 Å². The largest absolute Gasteiger partial charge is 0.480 e. The van der Waals surface area contributed by atoms with E-state index in [4.69, 9.17) is 10.8 Å². The lowest BCUT2D eigenvalue weighted by molar-refractivity contribution is -0.142. The maximum Gasteiger partial charge on any atom is 0.323 e. The number of aliphatic carboxylic acids is 1. The molecule has 3 nitrogen and oxygen atoms in total. The zero-order chi connectivity index (χ0) is 11.5. The molecule has 0 aromatic heterocycles. The Labute approximate surface area is 95.8 Å². The number of nitrogens with two attached hydrogens (primary N) is 1. The molecule has 0 heterocycles. The van der Waals surface area contributed by atoms with E-state index in [9.17, 15) is 4.79 Å². The molecule has 4 heteroatoms. The van der Waals surface area contributed by atoms with Crippen molar-refractivity contribution in [2.24, 2.45) is 5.73 Å². The van der Waals surface area contributed by atoms with Crippen molar-refractivity contribution in [1.29, 1.82) is 0 Å². The molecule has 0 aromatic rings. The van der Waals surface area contributed by atoms with Crippen LogP contribution in [0.3, 0.4) is 0 Å². The quantitative estimate of drug-likeness (QED) is 0.761. The summed E-state index contributed by atoms with van der Waals surface area (Å²) < 4.78 is 0. The van der Waals surface area contributed by atoms with E-state index in [2.05, 4.69) is 6.92 Å². The van der Waals surface area contributed by atoms with Crippen molar-refractivity contribution in [3.05, 3.63) is 0 Å². The van der Waals surface area contributed by atoms with Crippen molar-refractivity contribution >= 4 is 17.7 Å². The van der Waals surface area contributed by atoms with Crippen LogP contribution in [-0.2, 0) is 4.79 Å². The highest BCUT2D eigenvalue weighted by molar-refractivity contribution is 8.00. The highest BCUT2D eigenvalue weighted by atomic mass is 32.2. The third-order valence-electron chi connectivity index (χ3n) is 2.93. The highest BCUT2D eigenvalue weighted by Crippen LogP contribution is 2.34. The molecule has 1 rings (SSSR count). The Morgan fingerprint density at radius 3 is 2.60 bits per heavy atom. The third kappa shape index (κ3) is 4.03. The number of thioether (sulfide) groups is 1. The van der Waals surface area contributed by atoms with Gasteiger partial charge in [0, 0.05) is 10.5 Å². The van der Waals surface area contributed by atoms with Crippen molar-refractivity contribution < 1.29 is 9.90 Å². The smallest absolute Gasteiger partial charge is 0.323 e. The Kier molecular flexibility index (Phi) is 4.46. The van der Waals surface area contributed by atoms with Crippen LogP contribution < -0.4 is 5.73 Å². The van der Waals surface area contributed by atoms with Gasteiger partial charge in [-0.1, -0.05) is 19.8 Å². The van der Waals surface area contributed by atoms with E-state index in [0.717, 1.165) is 5.25 Å². The summed E-state index contributed by atoms with van der Waals surface area (Å²) in [5.41, 5.74) is 4.64. The maximum absolute atomic E-state index is 10.9. The first-order chi connectivity index (χ1) is 6.92. The number of rotatable bonds is 5. The molecule has 3 N–H and O–H groups in total. The van der Waals surface area contributed by atoms with Crippen molar-refractivity contribution in [2.45, 2.75) is 62.0 Å². The molecule has 1 fully saturated rings. The zero-order valence-corrected chi connectivity index (χ0v) is 10.3. The number of carboxylic acids is 1. The summed E-state index contributed by atoms with van der Waals surface area (Å²) in [6.07, 6.45) is 5.75. The molecule has 1 aliphatic rings. The molecule has 0 amide bonds. The topological polar surface area (TPSA) is 63.3 Å². The standard InChI is InChI=1S/C11H21NO2S/c1-8(7-11(2,12)10(13)14)15-9-5-3-4-6-9/h8-9H,3-7,12H2,1-2H3,(H,13,14). The first-order valence-corrected chi connectivity index (χ1v) is 6.54. The minimum Gasteiger partial charge on any atom is -0.480 e. The Morgan fingerprint density at radius 1 is 1.60 bits per heavy atom. The van der Waals surface area contributed by atoms with E-state index in [0.29, 0.717) is 11.7 Å². The average Bonchev–Trinajstić information content (AvgIpc) is 2.54. The summed E-state index contributed by atoms with van der Waals surface area (Å²) >= 11 is 1.91. The second-order valence-corrected chi connectivity index (χ2v) is 6.52. The van der Waals surface area contributed by atoms with Gasteiger partial charge in [-0.2, -0.15) is 11.8 Å². The number of hydrogen-bond donors (Lipinski definition) is 2. The molecule has 0 bridgehead atoms. The van der Waals surface area contributed by atoms with E-state index in [1.54, 1.807) is 6.92 Å². The van der Waals surface area contributed by atoms with Gasteiger partial charge < -0.3 is 10.8 Å². The van der Waals surface area contributed by atoms with Crippen LogP contribution in [0.4, 0.5) is 0 Å². The van der Waals surface area contributed by atoms with Crippen molar-refractivity contribution in [1.82, 2.24) is 0 Å². The summed E-state index contributed by atoms with van der Waals surface area (Å²) in [4.78, 5) is 10.9. The van der Waals surface area contributed by atoms with Crippen LogP contribution in [-0.4, -0.2) is 27.1 Å². The Hall–Kier alpha value is -0.220. The molecule has 1 saturated carbocycles. The van der Waals surface area contributed by atoms with Crippen LogP contribution in [0.15, 0.2) is 0 Å². The third-order valence-corrected chi connectivity index (χ3v) is 4.41. The van der Waals surface area contributed by atoms with Crippen molar-refractivity contribution in [3.8, 4) is 0 Å². The fourth-order valence-electron chi connectivity index (χ4n) is 2.09.